The Bertz CT molecular complexity index is 1070. The maximum atomic E-state index is 13.0. The fourth-order valence-corrected chi connectivity index (χ4v) is 3.77. The van der Waals surface area contributed by atoms with E-state index in [0.29, 0.717) is 35.1 Å². The second kappa shape index (κ2) is 10.9. The van der Waals surface area contributed by atoms with Gasteiger partial charge in [-0.3, -0.25) is 4.79 Å². The quantitative estimate of drug-likeness (QED) is 0.547. The number of carbonyl (C=O) groups is 1. The minimum Gasteiger partial charge on any atom is -0.493 e. The average Bonchev–Trinajstić information content (AvgIpc) is 2.88. The van der Waals surface area contributed by atoms with Crippen LogP contribution in [0.3, 0.4) is 0 Å². The molecule has 1 aromatic heterocycles. The number of nitrogens with zero attached hydrogens (tertiary/aromatic N) is 3. The lowest BCUT2D eigenvalue weighted by Gasteiger charge is -2.33. The van der Waals surface area contributed by atoms with Gasteiger partial charge < -0.3 is 29.3 Å². The third-order valence-electron chi connectivity index (χ3n) is 5.78. The molecular formula is C26H30N4O4. The zero-order chi connectivity index (χ0) is 23.9. The molecular weight excluding hydrogens is 432 g/mol. The molecule has 3 aromatic rings. The first kappa shape index (κ1) is 23.4. The lowest BCUT2D eigenvalue weighted by molar-refractivity contribution is 0.102. The molecule has 8 nitrogen and oxygen atoms in total. The first-order chi connectivity index (χ1) is 16.6. The predicted molar refractivity (Wildman–Crippen MR) is 132 cm³/mol. The van der Waals surface area contributed by atoms with Crippen molar-refractivity contribution in [2.24, 2.45) is 0 Å². The van der Waals surface area contributed by atoms with Crippen molar-refractivity contribution in [3.63, 3.8) is 0 Å². The number of methoxy groups -OCH3 is 2. The number of piperazine rings is 1. The summed E-state index contributed by atoms with van der Waals surface area (Å²) in [5, 5.41) is 2.90. The Balaban J connectivity index is 1.46. The van der Waals surface area contributed by atoms with Gasteiger partial charge in [0.15, 0.2) is 11.5 Å². The smallest absolute Gasteiger partial charge is 0.255 e. The summed E-state index contributed by atoms with van der Waals surface area (Å²) >= 11 is 0. The van der Waals surface area contributed by atoms with Crippen LogP contribution in [0.5, 0.6) is 17.2 Å². The monoisotopic (exact) mass is 462 g/mol. The van der Waals surface area contributed by atoms with E-state index in [1.165, 1.54) is 14.2 Å². The van der Waals surface area contributed by atoms with Gasteiger partial charge in [0.1, 0.15) is 12.4 Å². The fourth-order valence-electron chi connectivity index (χ4n) is 3.77. The Morgan fingerprint density at radius 1 is 0.971 bits per heavy atom. The van der Waals surface area contributed by atoms with E-state index in [2.05, 4.69) is 27.1 Å². The Hall–Kier alpha value is -3.78. The number of amides is 1. The Morgan fingerprint density at radius 2 is 1.65 bits per heavy atom. The van der Waals surface area contributed by atoms with E-state index in [0.717, 1.165) is 37.6 Å². The van der Waals surface area contributed by atoms with E-state index in [4.69, 9.17) is 14.2 Å². The van der Waals surface area contributed by atoms with Gasteiger partial charge in [-0.15, -0.1) is 0 Å². The van der Waals surface area contributed by atoms with Crippen LogP contribution >= 0.6 is 0 Å². The summed E-state index contributed by atoms with van der Waals surface area (Å²) in [6, 6.07) is 16.9. The van der Waals surface area contributed by atoms with Crippen LogP contribution in [0, 0.1) is 0 Å². The molecule has 8 heteroatoms. The summed E-state index contributed by atoms with van der Waals surface area (Å²) < 4.78 is 17.0. The topological polar surface area (TPSA) is 76.2 Å². The molecule has 178 valence electrons. The third kappa shape index (κ3) is 5.58. The molecule has 0 saturated carbocycles. The van der Waals surface area contributed by atoms with Gasteiger partial charge in [-0.25, -0.2) is 4.98 Å². The molecule has 2 aromatic carbocycles. The molecule has 1 amide bonds. The van der Waals surface area contributed by atoms with E-state index in [1.807, 2.05) is 42.5 Å². The zero-order valence-electron chi connectivity index (χ0n) is 19.8. The Morgan fingerprint density at radius 3 is 2.24 bits per heavy atom. The number of likely N-dealkylation sites (N-methyl/N-ethyl adjacent to an activating group) is 1. The Kier molecular flexibility index (Phi) is 7.49. The number of rotatable bonds is 8. The molecule has 0 atom stereocenters. The standard InChI is InChI=1S/C26H30N4O4/c1-29-11-13-30(14-12-29)24-10-9-21(17-27-24)28-26(31)20-15-22(32-2)25(23(16-20)33-3)34-18-19-7-5-4-6-8-19/h4-10,15-17H,11-14,18H2,1-3H3,(H,28,31). The SMILES string of the molecule is COc1cc(C(=O)Nc2ccc(N3CCN(C)CC3)nc2)cc(OC)c1OCc1ccccc1. The number of carbonyl (C=O) groups excluding carboxylic acids is 1. The third-order valence-corrected chi connectivity index (χ3v) is 5.78. The number of hydrogen-bond donors (Lipinski definition) is 1. The first-order valence-electron chi connectivity index (χ1n) is 11.2. The zero-order valence-corrected chi connectivity index (χ0v) is 19.8. The lowest BCUT2D eigenvalue weighted by Crippen LogP contribution is -2.44. The van der Waals surface area contributed by atoms with Gasteiger partial charge in [0.05, 0.1) is 26.1 Å². The minimum absolute atomic E-state index is 0.291. The summed E-state index contributed by atoms with van der Waals surface area (Å²) in [4.78, 5) is 22.0. The molecule has 1 saturated heterocycles. The van der Waals surface area contributed by atoms with Crippen LogP contribution in [-0.4, -0.2) is 63.2 Å². The highest BCUT2D eigenvalue weighted by Crippen LogP contribution is 2.39. The molecule has 34 heavy (non-hydrogen) atoms. The van der Waals surface area contributed by atoms with Crippen molar-refractivity contribution in [1.82, 2.24) is 9.88 Å². The molecule has 1 aliphatic rings. The molecule has 4 rings (SSSR count). The van der Waals surface area contributed by atoms with E-state index in [1.54, 1.807) is 18.3 Å². The normalized spacial score (nSPS) is 13.9. The second-order valence-electron chi connectivity index (χ2n) is 8.13. The maximum absolute atomic E-state index is 13.0. The number of benzene rings is 2. The summed E-state index contributed by atoms with van der Waals surface area (Å²) in [6.45, 7) is 4.25. The highest BCUT2D eigenvalue weighted by atomic mass is 16.5. The van der Waals surface area contributed by atoms with E-state index in [9.17, 15) is 4.79 Å². The van der Waals surface area contributed by atoms with Gasteiger partial charge in [-0.05, 0) is 36.9 Å². The first-order valence-corrected chi connectivity index (χ1v) is 11.2. The predicted octanol–water partition coefficient (Wildman–Crippen LogP) is 3.68. The molecule has 0 aliphatic carbocycles. The number of nitrogens with one attached hydrogen (secondary N) is 1. The minimum atomic E-state index is -0.291. The number of ether oxygens (including phenoxy) is 3. The van der Waals surface area contributed by atoms with Gasteiger partial charge in [0.25, 0.3) is 5.91 Å². The number of hydrogen-bond acceptors (Lipinski definition) is 7. The van der Waals surface area contributed by atoms with Crippen molar-refractivity contribution in [3.8, 4) is 17.2 Å². The molecule has 2 heterocycles. The van der Waals surface area contributed by atoms with Crippen LogP contribution in [0.4, 0.5) is 11.5 Å². The van der Waals surface area contributed by atoms with Gasteiger partial charge in [-0.1, -0.05) is 30.3 Å². The highest BCUT2D eigenvalue weighted by Gasteiger charge is 2.19. The maximum Gasteiger partial charge on any atom is 0.255 e. The van der Waals surface area contributed by atoms with Crippen LogP contribution in [-0.2, 0) is 6.61 Å². The van der Waals surface area contributed by atoms with E-state index in [-0.39, 0.29) is 5.91 Å². The van der Waals surface area contributed by atoms with E-state index >= 15 is 0 Å². The van der Waals surface area contributed by atoms with Crippen LogP contribution in [0.2, 0.25) is 0 Å². The molecule has 0 radical (unpaired) electrons. The van der Waals surface area contributed by atoms with Crippen LogP contribution in [0.1, 0.15) is 15.9 Å². The highest BCUT2D eigenvalue weighted by molar-refractivity contribution is 6.05. The van der Waals surface area contributed by atoms with Crippen molar-refractivity contribution in [3.05, 3.63) is 71.9 Å². The van der Waals surface area contributed by atoms with Crippen LogP contribution < -0.4 is 24.4 Å². The number of anilines is 2. The summed E-state index contributed by atoms with van der Waals surface area (Å²) in [6.07, 6.45) is 1.68. The molecule has 1 aliphatic heterocycles. The van der Waals surface area contributed by atoms with Gasteiger partial charge >= 0.3 is 0 Å². The molecule has 0 bridgehead atoms. The van der Waals surface area contributed by atoms with Crippen molar-refractivity contribution in [2.45, 2.75) is 6.61 Å². The largest absolute Gasteiger partial charge is 0.493 e. The Labute approximate surface area is 200 Å². The molecule has 1 N–H and O–H groups in total. The number of pyridine rings is 1. The van der Waals surface area contributed by atoms with Gasteiger partial charge in [-0.2, -0.15) is 0 Å². The van der Waals surface area contributed by atoms with Crippen molar-refractivity contribution < 1.29 is 19.0 Å². The van der Waals surface area contributed by atoms with Crippen molar-refractivity contribution >= 4 is 17.4 Å². The summed E-state index contributed by atoms with van der Waals surface area (Å²) in [5.74, 6) is 1.91. The molecule has 0 spiro atoms. The van der Waals surface area contributed by atoms with Crippen LogP contribution in [0.25, 0.3) is 0 Å². The van der Waals surface area contributed by atoms with E-state index < -0.39 is 0 Å². The summed E-state index contributed by atoms with van der Waals surface area (Å²) in [5.41, 5.74) is 2.02. The second-order valence-corrected chi connectivity index (χ2v) is 8.13. The van der Waals surface area contributed by atoms with Crippen molar-refractivity contribution in [1.29, 1.82) is 0 Å². The average molecular weight is 463 g/mol. The summed E-state index contributed by atoms with van der Waals surface area (Å²) in [7, 11) is 5.19. The van der Waals surface area contributed by atoms with Crippen molar-refractivity contribution in [2.75, 3.05) is 57.7 Å². The lowest BCUT2D eigenvalue weighted by atomic mass is 10.1. The van der Waals surface area contributed by atoms with Gasteiger partial charge in [0.2, 0.25) is 5.75 Å². The van der Waals surface area contributed by atoms with Gasteiger partial charge in [0, 0.05) is 31.7 Å². The number of aromatic nitrogens is 1. The molecule has 1 fully saturated rings. The fraction of sp³-hybridized carbons (Fsp3) is 0.308. The van der Waals surface area contributed by atoms with Crippen LogP contribution in [0.15, 0.2) is 60.8 Å². The molecule has 0 unspecified atom stereocenters.